The molecule has 6 nitrogen and oxygen atoms in total. The first-order valence-electron chi connectivity index (χ1n) is 5.55. The van der Waals surface area contributed by atoms with Crippen LogP contribution in [0.1, 0.15) is 12.8 Å². The fraction of sp³-hybridized carbons (Fsp3) is 0.333. The van der Waals surface area contributed by atoms with E-state index in [1.54, 1.807) is 12.1 Å². The maximum atomic E-state index is 11.6. The molecular weight excluding hydrogens is 238 g/mol. The van der Waals surface area contributed by atoms with E-state index >= 15 is 0 Å². The molecule has 0 spiro atoms. The molecule has 1 aliphatic heterocycles. The quantitative estimate of drug-likeness (QED) is 0.848. The molecule has 1 aliphatic rings. The number of hydrogen-bond donors (Lipinski definition) is 2. The summed E-state index contributed by atoms with van der Waals surface area (Å²) in [5.74, 6) is -0.866. The van der Waals surface area contributed by atoms with Crippen molar-refractivity contribution in [3.8, 4) is 5.75 Å². The Kier molecular flexibility index (Phi) is 3.36. The van der Waals surface area contributed by atoms with E-state index < -0.39 is 12.1 Å². The molecule has 1 unspecified atom stereocenters. The summed E-state index contributed by atoms with van der Waals surface area (Å²) in [6, 6.07) is 5.91. The number of cyclic esters (lactones) is 1. The molecule has 2 rings (SSSR count). The minimum absolute atomic E-state index is 0.0311. The summed E-state index contributed by atoms with van der Waals surface area (Å²) in [6.07, 6.45) is -0.233. The van der Waals surface area contributed by atoms with Crippen LogP contribution in [0.4, 0.5) is 10.5 Å². The van der Waals surface area contributed by atoms with Crippen LogP contribution in [0, 0.1) is 0 Å². The van der Waals surface area contributed by atoms with Gasteiger partial charge >= 0.3 is 12.1 Å². The highest BCUT2D eigenvalue weighted by molar-refractivity contribution is 5.90. The number of carboxylic acids is 1. The summed E-state index contributed by atoms with van der Waals surface area (Å²) in [5.41, 5.74) is 0.507. The van der Waals surface area contributed by atoms with E-state index in [4.69, 9.17) is 9.84 Å². The van der Waals surface area contributed by atoms with Gasteiger partial charge in [-0.15, -0.1) is 0 Å². The van der Waals surface area contributed by atoms with Crippen LogP contribution in [0.3, 0.4) is 0 Å². The molecule has 0 saturated carbocycles. The number of carbonyl (C=O) groups is 2. The van der Waals surface area contributed by atoms with Gasteiger partial charge in [0.05, 0.1) is 11.7 Å². The number of aromatic hydroxyl groups is 1. The molecule has 96 valence electrons. The Morgan fingerprint density at radius 2 is 2.28 bits per heavy atom. The Morgan fingerprint density at radius 3 is 2.94 bits per heavy atom. The fourth-order valence-corrected chi connectivity index (χ4v) is 1.92. The van der Waals surface area contributed by atoms with Gasteiger partial charge in [0, 0.05) is 12.5 Å². The van der Waals surface area contributed by atoms with Gasteiger partial charge in [-0.3, -0.25) is 9.69 Å². The van der Waals surface area contributed by atoms with Crippen molar-refractivity contribution in [2.24, 2.45) is 0 Å². The molecule has 1 heterocycles. The van der Waals surface area contributed by atoms with E-state index in [0.717, 1.165) is 0 Å². The van der Waals surface area contributed by atoms with Crippen LogP contribution >= 0.6 is 0 Å². The van der Waals surface area contributed by atoms with Crippen molar-refractivity contribution in [1.82, 2.24) is 0 Å². The third-order valence-electron chi connectivity index (χ3n) is 2.76. The number of rotatable bonds is 4. The second-order valence-corrected chi connectivity index (χ2v) is 4.05. The summed E-state index contributed by atoms with van der Waals surface area (Å²) in [5, 5.41) is 18.0. The second kappa shape index (κ2) is 4.95. The lowest BCUT2D eigenvalue weighted by molar-refractivity contribution is -0.137. The van der Waals surface area contributed by atoms with E-state index in [1.807, 2.05) is 0 Å². The predicted octanol–water partition coefficient (Wildman–Crippen LogP) is 1.58. The Balaban J connectivity index is 2.17. The molecule has 0 aliphatic carbocycles. The van der Waals surface area contributed by atoms with Crippen LogP contribution in [0.15, 0.2) is 24.3 Å². The summed E-state index contributed by atoms with van der Waals surface area (Å²) in [6.45, 7) is 0.168. The number of phenols is 1. The number of nitrogens with zero attached hydrogens (tertiary/aromatic N) is 1. The second-order valence-electron chi connectivity index (χ2n) is 4.05. The zero-order valence-corrected chi connectivity index (χ0v) is 9.57. The molecule has 6 heteroatoms. The van der Waals surface area contributed by atoms with E-state index in [0.29, 0.717) is 12.1 Å². The first-order valence-corrected chi connectivity index (χ1v) is 5.55. The first-order chi connectivity index (χ1) is 8.58. The average molecular weight is 251 g/mol. The van der Waals surface area contributed by atoms with Crippen molar-refractivity contribution in [1.29, 1.82) is 0 Å². The number of carbonyl (C=O) groups excluding carboxylic acids is 1. The van der Waals surface area contributed by atoms with Crippen LogP contribution in [-0.4, -0.2) is 34.9 Å². The Hall–Kier alpha value is -2.24. The van der Waals surface area contributed by atoms with E-state index in [9.17, 15) is 14.7 Å². The van der Waals surface area contributed by atoms with E-state index in [1.165, 1.54) is 17.0 Å². The number of carboxylic acid groups (broad SMARTS) is 1. The van der Waals surface area contributed by atoms with Gasteiger partial charge in [-0.2, -0.15) is 0 Å². The highest BCUT2D eigenvalue weighted by Crippen LogP contribution is 2.27. The normalized spacial score (nSPS) is 18.8. The van der Waals surface area contributed by atoms with Crippen molar-refractivity contribution in [3.63, 3.8) is 0 Å². The summed E-state index contributed by atoms with van der Waals surface area (Å²) in [4.78, 5) is 23.5. The number of aliphatic carboxylic acids is 1. The van der Waals surface area contributed by atoms with Crippen LogP contribution < -0.4 is 4.90 Å². The monoisotopic (exact) mass is 251 g/mol. The zero-order chi connectivity index (χ0) is 13.1. The van der Waals surface area contributed by atoms with Gasteiger partial charge in [0.15, 0.2) is 0 Å². The molecule has 1 fully saturated rings. The van der Waals surface area contributed by atoms with Crippen molar-refractivity contribution in [2.45, 2.75) is 18.9 Å². The van der Waals surface area contributed by atoms with Gasteiger partial charge in [0.25, 0.3) is 0 Å². The van der Waals surface area contributed by atoms with Crippen molar-refractivity contribution < 1.29 is 24.5 Å². The third kappa shape index (κ3) is 2.53. The summed E-state index contributed by atoms with van der Waals surface area (Å²) in [7, 11) is 0. The fourth-order valence-electron chi connectivity index (χ4n) is 1.92. The van der Waals surface area contributed by atoms with Crippen LogP contribution in [0.2, 0.25) is 0 Å². The highest BCUT2D eigenvalue weighted by Gasteiger charge is 2.34. The molecule has 0 radical (unpaired) electrons. The number of benzene rings is 1. The summed E-state index contributed by atoms with van der Waals surface area (Å²) < 4.78 is 4.92. The minimum Gasteiger partial charge on any atom is -0.508 e. The number of anilines is 1. The molecule has 1 atom stereocenters. The lowest BCUT2D eigenvalue weighted by Crippen LogP contribution is -2.33. The number of ether oxygens (including phenoxy) is 1. The van der Waals surface area contributed by atoms with E-state index in [2.05, 4.69) is 0 Å². The topological polar surface area (TPSA) is 87.1 Å². The SMILES string of the molecule is O=C(O)CCC1COC(=O)N1c1cccc(O)c1. The first kappa shape index (κ1) is 12.2. The minimum atomic E-state index is -0.912. The molecular formula is C12H13NO5. The Bertz CT molecular complexity index is 473. The molecule has 1 aromatic rings. The molecule has 0 aromatic heterocycles. The molecule has 18 heavy (non-hydrogen) atoms. The molecule has 1 saturated heterocycles. The lowest BCUT2D eigenvalue weighted by Gasteiger charge is -2.20. The van der Waals surface area contributed by atoms with Gasteiger partial charge in [-0.05, 0) is 18.6 Å². The van der Waals surface area contributed by atoms with Crippen LogP contribution in [0.25, 0.3) is 0 Å². The van der Waals surface area contributed by atoms with Gasteiger partial charge in [0.1, 0.15) is 12.4 Å². The van der Waals surface area contributed by atoms with Crippen molar-refractivity contribution in [3.05, 3.63) is 24.3 Å². The van der Waals surface area contributed by atoms with Gasteiger partial charge in [-0.1, -0.05) is 6.07 Å². The maximum Gasteiger partial charge on any atom is 0.414 e. The average Bonchev–Trinajstić information content (AvgIpc) is 2.68. The highest BCUT2D eigenvalue weighted by atomic mass is 16.6. The summed E-state index contributed by atoms with van der Waals surface area (Å²) >= 11 is 0. The predicted molar refractivity (Wildman–Crippen MR) is 62.6 cm³/mol. The van der Waals surface area contributed by atoms with Crippen molar-refractivity contribution in [2.75, 3.05) is 11.5 Å². The van der Waals surface area contributed by atoms with Gasteiger partial charge in [-0.25, -0.2) is 4.79 Å². The molecule has 1 amide bonds. The Labute approximate surface area is 103 Å². The third-order valence-corrected chi connectivity index (χ3v) is 2.76. The van der Waals surface area contributed by atoms with Gasteiger partial charge in [0.2, 0.25) is 0 Å². The van der Waals surface area contributed by atoms with E-state index in [-0.39, 0.29) is 24.8 Å². The molecule has 2 N–H and O–H groups in total. The zero-order valence-electron chi connectivity index (χ0n) is 9.57. The maximum absolute atomic E-state index is 11.6. The standard InChI is InChI=1S/C12H13NO5/c14-10-3-1-2-8(6-10)13-9(4-5-11(15)16)7-18-12(13)17/h1-3,6,9,14H,4-5,7H2,(H,15,16). The Morgan fingerprint density at radius 1 is 1.50 bits per heavy atom. The smallest absolute Gasteiger partial charge is 0.414 e. The molecule has 1 aromatic carbocycles. The van der Waals surface area contributed by atoms with Crippen LogP contribution in [0.5, 0.6) is 5.75 Å². The largest absolute Gasteiger partial charge is 0.508 e. The molecule has 0 bridgehead atoms. The van der Waals surface area contributed by atoms with Gasteiger partial charge < -0.3 is 14.9 Å². The van der Waals surface area contributed by atoms with Crippen LogP contribution in [-0.2, 0) is 9.53 Å². The number of hydrogen-bond acceptors (Lipinski definition) is 4. The van der Waals surface area contributed by atoms with Crippen molar-refractivity contribution >= 4 is 17.7 Å². The number of phenolic OH excluding ortho intramolecular Hbond substituents is 1. The number of amides is 1. The lowest BCUT2D eigenvalue weighted by atomic mass is 10.1.